The van der Waals surface area contributed by atoms with E-state index in [1.54, 1.807) is 0 Å². The molecular weight excluding hydrogens is 260 g/mol. The number of nitrogens with zero attached hydrogens (tertiary/aromatic N) is 1. The summed E-state index contributed by atoms with van der Waals surface area (Å²) in [6.07, 6.45) is 0. The molecule has 0 aliphatic heterocycles. The lowest BCUT2D eigenvalue weighted by molar-refractivity contribution is 0.439. The molecular formula is C18H18N2O. The van der Waals surface area contributed by atoms with Gasteiger partial charge >= 0.3 is 0 Å². The number of aryl methyl sites for hydroxylation is 3. The summed E-state index contributed by atoms with van der Waals surface area (Å²) >= 11 is 0. The second-order valence-electron chi connectivity index (χ2n) is 5.46. The Kier molecular flexibility index (Phi) is 3.26. The van der Waals surface area contributed by atoms with Gasteiger partial charge in [0.1, 0.15) is 5.69 Å². The molecule has 0 fully saturated rings. The molecule has 21 heavy (non-hydrogen) atoms. The Hall–Kier alpha value is -2.55. The standard InChI is InChI=1S/C18H18N2O/c1-11-8-12(2)10-14(9-11)17-16(18(19)21-20-17)15-7-5-4-6-13(15)3/h4-10H,19H2,1-3H3. The summed E-state index contributed by atoms with van der Waals surface area (Å²) in [6.45, 7) is 6.22. The summed E-state index contributed by atoms with van der Waals surface area (Å²) in [6, 6.07) is 14.5. The first-order valence-electron chi connectivity index (χ1n) is 6.96. The first kappa shape index (κ1) is 13.4. The van der Waals surface area contributed by atoms with E-state index in [2.05, 4.69) is 50.2 Å². The summed E-state index contributed by atoms with van der Waals surface area (Å²) in [5, 5.41) is 4.19. The number of hydrogen-bond donors (Lipinski definition) is 1. The molecule has 0 saturated heterocycles. The van der Waals surface area contributed by atoms with Crippen molar-refractivity contribution < 1.29 is 4.52 Å². The molecule has 2 N–H and O–H groups in total. The average molecular weight is 278 g/mol. The summed E-state index contributed by atoms with van der Waals surface area (Å²) in [5.74, 6) is 0.360. The van der Waals surface area contributed by atoms with Gasteiger partial charge in [-0.15, -0.1) is 0 Å². The molecule has 3 nitrogen and oxygen atoms in total. The zero-order chi connectivity index (χ0) is 15.0. The first-order valence-corrected chi connectivity index (χ1v) is 6.96. The van der Waals surface area contributed by atoms with Gasteiger partial charge in [-0.3, -0.25) is 0 Å². The van der Waals surface area contributed by atoms with E-state index in [1.807, 2.05) is 18.2 Å². The fourth-order valence-corrected chi connectivity index (χ4v) is 2.72. The number of benzene rings is 2. The minimum absolute atomic E-state index is 0.360. The van der Waals surface area contributed by atoms with Crippen LogP contribution in [0.25, 0.3) is 22.4 Å². The van der Waals surface area contributed by atoms with Crippen molar-refractivity contribution in [1.29, 1.82) is 0 Å². The third kappa shape index (κ3) is 2.42. The van der Waals surface area contributed by atoms with Gasteiger partial charge in [-0.2, -0.15) is 0 Å². The van der Waals surface area contributed by atoms with Gasteiger partial charge in [0.2, 0.25) is 5.88 Å². The zero-order valence-corrected chi connectivity index (χ0v) is 12.5. The predicted molar refractivity (Wildman–Crippen MR) is 86.0 cm³/mol. The van der Waals surface area contributed by atoms with E-state index in [1.165, 1.54) is 11.1 Å². The van der Waals surface area contributed by atoms with E-state index < -0.39 is 0 Å². The van der Waals surface area contributed by atoms with Crippen molar-refractivity contribution in [2.75, 3.05) is 5.73 Å². The van der Waals surface area contributed by atoms with Crippen LogP contribution in [0.2, 0.25) is 0 Å². The van der Waals surface area contributed by atoms with Crippen LogP contribution < -0.4 is 5.73 Å². The fraction of sp³-hybridized carbons (Fsp3) is 0.167. The molecule has 0 amide bonds. The number of nitrogens with two attached hydrogens (primary N) is 1. The molecule has 3 aromatic rings. The Morgan fingerprint density at radius 3 is 2.29 bits per heavy atom. The summed E-state index contributed by atoms with van der Waals surface area (Å²) < 4.78 is 5.27. The Balaban J connectivity index is 2.24. The minimum atomic E-state index is 0.360. The lowest BCUT2D eigenvalue weighted by atomic mass is 9.96. The Morgan fingerprint density at radius 2 is 1.62 bits per heavy atom. The number of rotatable bonds is 2. The van der Waals surface area contributed by atoms with Crippen LogP contribution in [0.4, 0.5) is 5.88 Å². The van der Waals surface area contributed by atoms with E-state index in [-0.39, 0.29) is 0 Å². The second-order valence-corrected chi connectivity index (χ2v) is 5.46. The molecule has 106 valence electrons. The number of aromatic nitrogens is 1. The monoisotopic (exact) mass is 278 g/mol. The second kappa shape index (κ2) is 5.09. The van der Waals surface area contributed by atoms with E-state index in [4.69, 9.17) is 10.3 Å². The minimum Gasteiger partial charge on any atom is -0.367 e. The number of anilines is 1. The molecule has 1 aromatic heterocycles. The van der Waals surface area contributed by atoms with Gasteiger partial charge in [-0.05, 0) is 44.0 Å². The topological polar surface area (TPSA) is 52.0 Å². The highest BCUT2D eigenvalue weighted by Crippen LogP contribution is 2.38. The smallest absolute Gasteiger partial charge is 0.230 e. The largest absolute Gasteiger partial charge is 0.367 e. The van der Waals surface area contributed by atoms with Crippen molar-refractivity contribution in [1.82, 2.24) is 5.16 Å². The van der Waals surface area contributed by atoms with Crippen molar-refractivity contribution in [2.24, 2.45) is 0 Å². The van der Waals surface area contributed by atoms with Gasteiger partial charge in [-0.1, -0.05) is 46.6 Å². The maximum atomic E-state index is 6.03. The molecule has 0 aliphatic carbocycles. The van der Waals surface area contributed by atoms with Gasteiger partial charge < -0.3 is 10.3 Å². The third-order valence-electron chi connectivity index (χ3n) is 3.63. The molecule has 0 bridgehead atoms. The van der Waals surface area contributed by atoms with E-state index >= 15 is 0 Å². The quantitative estimate of drug-likeness (QED) is 0.750. The number of nitrogen functional groups attached to an aromatic ring is 1. The van der Waals surface area contributed by atoms with Crippen LogP contribution in [0.1, 0.15) is 16.7 Å². The Labute approximate surface area is 124 Å². The summed E-state index contributed by atoms with van der Waals surface area (Å²) in [7, 11) is 0. The summed E-state index contributed by atoms with van der Waals surface area (Å²) in [5.41, 5.74) is 13.3. The normalized spacial score (nSPS) is 10.8. The lowest BCUT2D eigenvalue weighted by Crippen LogP contribution is -1.91. The highest BCUT2D eigenvalue weighted by Gasteiger charge is 2.19. The molecule has 3 heteroatoms. The molecule has 3 rings (SSSR count). The molecule has 0 saturated carbocycles. The molecule has 1 heterocycles. The zero-order valence-electron chi connectivity index (χ0n) is 12.5. The van der Waals surface area contributed by atoms with Crippen LogP contribution in [0.5, 0.6) is 0 Å². The Bertz CT molecular complexity index is 782. The van der Waals surface area contributed by atoms with Gasteiger partial charge in [0.25, 0.3) is 0 Å². The molecule has 0 spiro atoms. The van der Waals surface area contributed by atoms with E-state index in [0.29, 0.717) is 5.88 Å². The summed E-state index contributed by atoms with van der Waals surface area (Å²) in [4.78, 5) is 0. The van der Waals surface area contributed by atoms with Crippen LogP contribution in [-0.2, 0) is 0 Å². The van der Waals surface area contributed by atoms with Gasteiger partial charge in [-0.25, -0.2) is 0 Å². The van der Waals surface area contributed by atoms with Gasteiger partial charge in [0, 0.05) is 5.56 Å². The maximum absolute atomic E-state index is 6.03. The van der Waals surface area contributed by atoms with Crippen LogP contribution >= 0.6 is 0 Å². The van der Waals surface area contributed by atoms with Crippen molar-refractivity contribution in [3.63, 3.8) is 0 Å². The van der Waals surface area contributed by atoms with Crippen molar-refractivity contribution >= 4 is 5.88 Å². The van der Waals surface area contributed by atoms with Crippen LogP contribution in [0.3, 0.4) is 0 Å². The van der Waals surface area contributed by atoms with Crippen LogP contribution in [-0.4, -0.2) is 5.16 Å². The predicted octanol–water partition coefficient (Wildman–Crippen LogP) is 4.52. The van der Waals surface area contributed by atoms with Crippen molar-refractivity contribution in [2.45, 2.75) is 20.8 Å². The molecule has 0 aliphatic rings. The highest BCUT2D eigenvalue weighted by atomic mass is 16.5. The fourth-order valence-electron chi connectivity index (χ4n) is 2.72. The average Bonchev–Trinajstić information content (AvgIpc) is 2.80. The molecule has 0 atom stereocenters. The molecule has 0 unspecified atom stereocenters. The SMILES string of the molecule is Cc1cc(C)cc(-c2noc(N)c2-c2ccccc2C)c1. The van der Waals surface area contributed by atoms with Crippen molar-refractivity contribution in [3.05, 3.63) is 59.2 Å². The van der Waals surface area contributed by atoms with E-state index in [9.17, 15) is 0 Å². The van der Waals surface area contributed by atoms with Gasteiger partial charge in [0.05, 0.1) is 5.56 Å². The van der Waals surface area contributed by atoms with Crippen LogP contribution in [0, 0.1) is 20.8 Å². The first-order chi connectivity index (χ1) is 10.1. The van der Waals surface area contributed by atoms with E-state index in [0.717, 1.165) is 27.9 Å². The molecule has 0 radical (unpaired) electrons. The molecule has 2 aromatic carbocycles. The lowest BCUT2D eigenvalue weighted by Gasteiger charge is -2.07. The Morgan fingerprint density at radius 1 is 0.952 bits per heavy atom. The van der Waals surface area contributed by atoms with Gasteiger partial charge in [0.15, 0.2) is 0 Å². The maximum Gasteiger partial charge on any atom is 0.230 e. The third-order valence-corrected chi connectivity index (χ3v) is 3.63. The van der Waals surface area contributed by atoms with Crippen LogP contribution in [0.15, 0.2) is 47.0 Å². The highest BCUT2D eigenvalue weighted by molar-refractivity contribution is 5.88. The van der Waals surface area contributed by atoms with Crippen molar-refractivity contribution in [3.8, 4) is 22.4 Å². The number of hydrogen-bond acceptors (Lipinski definition) is 3.